The van der Waals surface area contributed by atoms with Gasteiger partial charge in [0.1, 0.15) is 19.5 Å². The first-order valence-corrected chi connectivity index (χ1v) is 5.54. The minimum absolute atomic E-state index is 0.0404. The molecule has 102 valence electrons. The molecule has 2 heterocycles. The van der Waals surface area contributed by atoms with E-state index in [1.165, 1.54) is 23.3 Å². The summed E-state index contributed by atoms with van der Waals surface area (Å²) in [7, 11) is 1.66. The number of hydrogen-bond donors (Lipinski definition) is 2. The van der Waals surface area contributed by atoms with Gasteiger partial charge in [0.25, 0.3) is 5.91 Å². The summed E-state index contributed by atoms with van der Waals surface area (Å²) >= 11 is 0. The van der Waals surface area contributed by atoms with Crippen molar-refractivity contribution in [1.29, 1.82) is 0 Å². The van der Waals surface area contributed by atoms with Crippen LogP contribution in [0.1, 0.15) is 11.6 Å². The Kier molecular flexibility index (Phi) is 3.69. The van der Waals surface area contributed by atoms with Gasteiger partial charge in [-0.25, -0.2) is 4.79 Å². The standard InChI is InChI=1S/C11H13N3O5/c1-14-5-7(4-12-14)9(11(16)17)13-10(15)8-6-18-2-3-19-8/h4-6,9H,2-3H2,1H3,(H,13,15)(H,16,17). The van der Waals surface area contributed by atoms with Crippen LogP contribution in [-0.2, 0) is 26.1 Å². The van der Waals surface area contributed by atoms with E-state index < -0.39 is 17.9 Å². The van der Waals surface area contributed by atoms with Crippen molar-refractivity contribution in [2.45, 2.75) is 6.04 Å². The lowest BCUT2D eigenvalue weighted by Crippen LogP contribution is -2.35. The van der Waals surface area contributed by atoms with Gasteiger partial charge in [0, 0.05) is 18.8 Å². The molecule has 0 saturated carbocycles. The summed E-state index contributed by atoms with van der Waals surface area (Å²) in [5, 5.41) is 15.4. The van der Waals surface area contributed by atoms with Gasteiger partial charge in [-0.3, -0.25) is 9.48 Å². The van der Waals surface area contributed by atoms with Gasteiger partial charge >= 0.3 is 5.97 Å². The number of aromatic nitrogens is 2. The highest BCUT2D eigenvalue weighted by Gasteiger charge is 2.26. The van der Waals surface area contributed by atoms with E-state index in [0.717, 1.165) is 0 Å². The molecule has 0 aromatic carbocycles. The fraction of sp³-hybridized carbons (Fsp3) is 0.364. The lowest BCUT2D eigenvalue weighted by atomic mass is 10.1. The van der Waals surface area contributed by atoms with Crippen LogP contribution < -0.4 is 5.32 Å². The lowest BCUT2D eigenvalue weighted by Gasteiger charge is -2.17. The molecule has 1 aliphatic rings. The maximum absolute atomic E-state index is 11.8. The summed E-state index contributed by atoms with van der Waals surface area (Å²) in [6.45, 7) is 0.617. The van der Waals surface area contributed by atoms with Gasteiger partial charge < -0.3 is 19.9 Å². The van der Waals surface area contributed by atoms with Crippen LogP contribution in [0.2, 0.25) is 0 Å². The minimum Gasteiger partial charge on any atom is -0.494 e. The van der Waals surface area contributed by atoms with Gasteiger partial charge in [0.15, 0.2) is 6.04 Å². The first-order valence-electron chi connectivity index (χ1n) is 5.54. The minimum atomic E-state index is -1.19. The van der Waals surface area contributed by atoms with Gasteiger partial charge in [-0.2, -0.15) is 5.10 Å². The molecule has 0 bridgehead atoms. The maximum atomic E-state index is 11.8. The zero-order chi connectivity index (χ0) is 13.8. The van der Waals surface area contributed by atoms with E-state index >= 15 is 0 Å². The van der Waals surface area contributed by atoms with Gasteiger partial charge in [-0.15, -0.1) is 0 Å². The lowest BCUT2D eigenvalue weighted by molar-refractivity contribution is -0.142. The molecule has 1 aromatic heterocycles. The molecule has 2 rings (SSSR count). The number of carboxylic acid groups (broad SMARTS) is 1. The topological polar surface area (TPSA) is 103 Å². The Balaban J connectivity index is 2.11. The average molecular weight is 267 g/mol. The molecule has 0 saturated heterocycles. The summed E-state index contributed by atoms with van der Waals surface area (Å²) in [5.41, 5.74) is 0.376. The molecule has 1 aromatic rings. The van der Waals surface area contributed by atoms with Gasteiger partial charge in [-0.05, 0) is 0 Å². The van der Waals surface area contributed by atoms with E-state index in [-0.39, 0.29) is 12.4 Å². The van der Waals surface area contributed by atoms with Crippen LogP contribution in [0, 0.1) is 0 Å². The molecule has 1 unspecified atom stereocenters. The number of carboxylic acids is 1. The summed E-state index contributed by atoms with van der Waals surface area (Å²) in [4.78, 5) is 23.0. The average Bonchev–Trinajstić information content (AvgIpc) is 2.82. The second-order valence-electron chi connectivity index (χ2n) is 3.89. The third-order valence-corrected chi connectivity index (χ3v) is 2.45. The second kappa shape index (κ2) is 5.42. The third kappa shape index (κ3) is 3.03. The summed E-state index contributed by atoms with van der Waals surface area (Å²) in [6, 6.07) is -1.19. The number of ether oxygens (including phenoxy) is 2. The molecule has 19 heavy (non-hydrogen) atoms. The summed E-state index contributed by atoms with van der Waals surface area (Å²) in [6.07, 6.45) is 4.07. The van der Waals surface area contributed by atoms with Crippen molar-refractivity contribution in [3.05, 3.63) is 30.0 Å². The Morgan fingerprint density at radius 3 is 2.84 bits per heavy atom. The predicted octanol–water partition coefficient (Wildman–Crippen LogP) is -0.450. The molecule has 1 aliphatic heterocycles. The number of aliphatic carboxylic acids is 1. The number of rotatable bonds is 4. The Hall–Kier alpha value is -2.51. The van der Waals surface area contributed by atoms with Crippen molar-refractivity contribution < 1.29 is 24.2 Å². The Bertz CT molecular complexity index is 522. The zero-order valence-corrected chi connectivity index (χ0v) is 10.2. The first-order chi connectivity index (χ1) is 9.08. The molecule has 0 spiro atoms. The molecule has 0 radical (unpaired) electrons. The third-order valence-electron chi connectivity index (χ3n) is 2.45. The van der Waals surface area contributed by atoms with Crippen molar-refractivity contribution in [2.75, 3.05) is 13.2 Å². The monoisotopic (exact) mass is 267 g/mol. The Morgan fingerprint density at radius 2 is 2.32 bits per heavy atom. The van der Waals surface area contributed by atoms with E-state index in [0.29, 0.717) is 12.2 Å². The van der Waals surface area contributed by atoms with E-state index in [1.807, 2.05) is 0 Å². The molecule has 8 nitrogen and oxygen atoms in total. The number of aryl methyl sites for hydroxylation is 1. The quantitative estimate of drug-likeness (QED) is 0.766. The highest BCUT2D eigenvalue weighted by atomic mass is 16.6. The first kappa shape index (κ1) is 12.9. The number of carbonyl (C=O) groups excluding carboxylic acids is 1. The normalized spacial score (nSPS) is 15.7. The van der Waals surface area contributed by atoms with Crippen molar-refractivity contribution in [3.63, 3.8) is 0 Å². The second-order valence-corrected chi connectivity index (χ2v) is 3.89. The van der Waals surface area contributed by atoms with Crippen LogP contribution in [0.3, 0.4) is 0 Å². The molecule has 1 atom stereocenters. The SMILES string of the molecule is Cn1cc(C(NC(=O)C2=COCCO2)C(=O)O)cn1. The highest BCUT2D eigenvalue weighted by Crippen LogP contribution is 2.14. The van der Waals surface area contributed by atoms with Crippen LogP contribution in [0.4, 0.5) is 0 Å². The Labute approximate surface area is 108 Å². The van der Waals surface area contributed by atoms with Crippen LogP contribution in [0.25, 0.3) is 0 Å². The van der Waals surface area contributed by atoms with Gasteiger partial charge in [0.05, 0.1) is 6.20 Å². The fourth-order valence-corrected chi connectivity index (χ4v) is 1.57. The fourth-order valence-electron chi connectivity index (χ4n) is 1.57. The van der Waals surface area contributed by atoms with Gasteiger partial charge in [0.2, 0.25) is 5.76 Å². The molecule has 2 N–H and O–H groups in total. The van der Waals surface area contributed by atoms with E-state index in [4.69, 9.17) is 14.6 Å². The smallest absolute Gasteiger partial charge is 0.331 e. The van der Waals surface area contributed by atoms with E-state index in [2.05, 4.69) is 10.4 Å². The number of amides is 1. The van der Waals surface area contributed by atoms with Crippen LogP contribution in [0.5, 0.6) is 0 Å². The number of nitrogens with zero attached hydrogens (tertiary/aromatic N) is 2. The Morgan fingerprint density at radius 1 is 1.53 bits per heavy atom. The van der Waals surface area contributed by atoms with Crippen molar-refractivity contribution in [3.8, 4) is 0 Å². The van der Waals surface area contributed by atoms with Crippen molar-refractivity contribution >= 4 is 11.9 Å². The van der Waals surface area contributed by atoms with E-state index in [1.54, 1.807) is 7.05 Å². The molecular weight excluding hydrogens is 254 g/mol. The summed E-state index contributed by atoms with van der Waals surface area (Å²) in [5.74, 6) is -1.86. The number of carbonyl (C=O) groups is 2. The number of hydrogen-bond acceptors (Lipinski definition) is 5. The zero-order valence-electron chi connectivity index (χ0n) is 10.2. The van der Waals surface area contributed by atoms with Gasteiger partial charge in [-0.1, -0.05) is 0 Å². The van der Waals surface area contributed by atoms with Crippen LogP contribution >= 0.6 is 0 Å². The van der Waals surface area contributed by atoms with Crippen LogP contribution in [-0.4, -0.2) is 40.0 Å². The highest BCUT2D eigenvalue weighted by molar-refractivity contribution is 5.94. The molecule has 0 aliphatic carbocycles. The maximum Gasteiger partial charge on any atom is 0.331 e. The summed E-state index contributed by atoms with van der Waals surface area (Å²) < 4.78 is 11.5. The largest absolute Gasteiger partial charge is 0.494 e. The van der Waals surface area contributed by atoms with Crippen molar-refractivity contribution in [1.82, 2.24) is 15.1 Å². The van der Waals surface area contributed by atoms with Crippen molar-refractivity contribution in [2.24, 2.45) is 7.05 Å². The van der Waals surface area contributed by atoms with Crippen LogP contribution in [0.15, 0.2) is 24.4 Å². The number of nitrogens with one attached hydrogen (secondary N) is 1. The predicted molar refractivity (Wildman–Crippen MR) is 61.7 cm³/mol. The van der Waals surface area contributed by atoms with E-state index in [9.17, 15) is 9.59 Å². The molecule has 8 heteroatoms. The molecule has 0 fully saturated rings. The molecular formula is C11H13N3O5. The molecule has 1 amide bonds.